The van der Waals surface area contributed by atoms with Gasteiger partial charge in [0.15, 0.2) is 0 Å². The molecule has 0 unspecified atom stereocenters. The van der Waals surface area contributed by atoms with Crippen LogP contribution in [-0.4, -0.2) is 9.51 Å². The fraction of sp³-hybridized carbons (Fsp3) is 0.152. The highest BCUT2D eigenvalue weighted by atomic mass is 16.5. The lowest BCUT2D eigenvalue weighted by Crippen LogP contribution is -1.97. The van der Waals surface area contributed by atoms with Crippen molar-refractivity contribution < 1.29 is 14.6 Å². The van der Waals surface area contributed by atoms with Crippen LogP contribution >= 0.6 is 0 Å². The van der Waals surface area contributed by atoms with Crippen LogP contribution in [0.25, 0.3) is 27.7 Å². The summed E-state index contributed by atoms with van der Waals surface area (Å²) in [5.74, 6) is 1.65. The van der Waals surface area contributed by atoms with Gasteiger partial charge in [0.05, 0.1) is 23.2 Å². The predicted molar refractivity (Wildman–Crippen MR) is 148 cm³/mol. The minimum absolute atomic E-state index is 0.0344. The van der Waals surface area contributed by atoms with Crippen LogP contribution in [0.15, 0.2) is 103 Å². The van der Waals surface area contributed by atoms with Crippen molar-refractivity contribution in [3.8, 4) is 22.6 Å². The Balaban J connectivity index is 1.37. The average molecular weight is 488 g/mol. The third kappa shape index (κ3) is 4.30. The van der Waals surface area contributed by atoms with Crippen molar-refractivity contribution in [1.82, 2.24) is 4.40 Å². The summed E-state index contributed by atoms with van der Waals surface area (Å²) < 4.78 is 14.5. The second-order valence-electron chi connectivity index (χ2n) is 9.26. The first kappa shape index (κ1) is 23.1. The monoisotopic (exact) mass is 487 g/mol. The molecule has 3 heterocycles. The standard InChI is InChI=1S/C33H29NO3/c1-2-28-29-17-18-31(37-22-24-11-7-4-8-12-24)30-19-26(20-35)33(34(29)30)32(28)25-13-15-27(16-14-25)36-21-23-9-5-3-6-10-23/h3-19,35H,2,20-22H2,1H3. The van der Waals surface area contributed by atoms with E-state index in [0.717, 1.165) is 62.3 Å². The van der Waals surface area contributed by atoms with Crippen LogP contribution < -0.4 is 9.47 Å². The first-order valence-corrected chi connectivity index (χ1v) is 12.7. The lowest BCUT2D eigenvalue weighted by atomic mass is 9.98. The van der Waals surface area contributed by atoms with Crippen molar-refractivity contribution in [3.63, 3.8) is 0 Å². The zero-order valence-corrected chi connectivity index (χ0v) is 20.9. The van der Waals surface area contributed by atoms with Gasteiger partial charge >= 0.3 is 0 Å². The number of benzene rings is 3. The molecule has 3 aromatic carbocycles. The molecule has 4 heteroatoms. The third-order valence-electron chi connectivity index (χ3n) is 6.97. The number of ether oxygens (including phenoxy) is 2. The van der Waals surface area contributed by atoms with Crippen LogP contribution in [0.2, 0.25) is 0 Å². The molecule has 0 aliphatic heterocycles. The summed E-state index contributed by atoms with van der Waals surface area (Å²) in [4.78, 5) is 0. The molecule has 0 saturated carbocycles. The number of rotatable bonds is 9. The van der Waals surface area contributed by atoms with E-state index in [2.05, 4.69) is 65.9 Å². The van der Waals surface area contributed by atoms with Crippen molar-refractivity contribution in [2.45, 2.75) is 33.2 Å². The highest BCUT2D eigenvalue weighted by Crippen LogP contribution is 2.42. The summed E-state index contributed by atoms with van der Waals surface area (Å²) in [5, 5.41) is 10.3. The number of hydrogen-bond donors (Lipinski definition) is 1. The molecule has 184 valence electrons. The Morgan fingerprint density at radius 2 is 1.35 bits per heavy atom. The van der Waals surface area contributed by atoms with Gasteiger partial charge in [-0.15, -0.1) is 0 Å². The molecule has 0 aliphatic rings. The molecule has 0 bridgehead atoms. The largest absolute Gasteiger partial charge is 0.489 e. The number of aromatic nitrogens is 1. The number of aryl methyl sites for hydroxylation is 1. The molecular formula is C33H29NO3. The highest BCUT2D eigenvalue weighted by molar-refractivity contribution is 5.98. The van der Waals surface area contributed by atoms with E-state index in [1.165, 1.54) is 5.56 Å². The molecule has 3 aromatic heterocycles. The second-order valence-corrected chi connectivity index (χ2v) is 9.26. The summed E-state index contributed by atoms with van der Waals surface area (Å²) in [5.41, 5.74) is 9.89. The van der Waals surface area contributed by atoms with Crippen molar-refractivity contribution in [3.05, 3.63) is 125 Å². The minimum Gasteiger partial charge on any atom is -0.489 e. The molecule has 0 spiro atoms. The first-order chi connectivity index (χ1) is 18.3. The van der Waals surface area contributed by atoms with E-state index in [9.17, 15) is 5.11 Å². The number of nitrogens with zero attached hydrogens (tertiary/aromatic N) is 1. The quantitative estimate of drug-likeness (QED) is 0.231. The molecule has 1 N–H and O–H groups in total. The van der Waals surface area contributed by atoms with Gasteiger partial charge in [0.1, 0.15) is 24.7 Å². The summed E-state index contributed by atoms with van der Waals surface area (Å²) in [6, 6.07) is 34.9. The summed E-state index contributed by atoms with van der Waals surface area (Å²) in [6.45, 7) is 3.18. The van der Waals surface area contributed by atoms with Gasteiger partial charge in [-0.2, -0.15) is 0 Å². The van der Waals surface area contributed by atoms with E-state index in [1.807, 2.05) is 48.5 Å². The molecule has 0 atom stereocenters. The maximum Gasteiger partial charge on any atom is 0.143 e. The maximum absolute atomic E-state index is 10.3. The number of aliphatic hydroxyl groups is 1. The van der Waals surface area contributed by atoms with E-state index in [-0.39, 0.29) is 6.61 Å². The molecule has 6 rings (SSSR count). The molecule has 0 saturated heterocycles. The number of aliphatic hydroxyl groups excluding tert-OH is 1. The van der Waals surface area contributed by atoms with Crippen molar-refractivity contribution in [2.75, 3.05) is 0 Å². The summed E-state index contributed by atoms with van der Waals surface area (Å²) in [6.07, 6.45) is 0.882. The van der Waals surface area contributed by atoms with Crippen LogP contribution in [0.3, 0.4) is 0 Å². The lowest BCUT2D eigenvalue weighted by Gasteiger charge is -2.09. The molecule has 6 aromatic rings. The lowest BCUT2D eigenvalue weighted by molar-refractivity contribution is 0.283. The zero-order chi connectivity index (χ0) is 25.2. The molecule has 0 aliphatic carbocycles. The number of hydrogen-bond acceptors (Lipinski definition) is 3. The topological polar surface area (TPSA) is 43.1 Å². The fourth-order valence-electron chi connectivity index (χ4n) is 5.19. The second kappa shape index (κ2) is 10.00. The zero-order valence-electron chi connectivity index (χ0n) is 20.9. The Morgan fingerprint density at radius 3 is 1.97 bits per heavy atom. The Labute approximate surface area is 216 Å². The maximum atomic E-state index is 10.3. The fourth-order valence-corrected chi connectivity index (χ4v) is 5.19. The SMILES string of the molecule is CCc1c(-c2ccc(OCc3ccccc3)cc2)c2c(CO)cc3c(OCc4ccccc4)ccc1n32. The van der Waals surface area contributed by atoms with Gasteiger partial charge in [0.25, 0.3) is 0 Å². The van der Waals surface area contributed by atoms with E-state index in [0.29, 0.717) is 13.2 Å². The number of pyridine rings is 1. The van der Waals surface area contributed by atoms with Crippen LogP contribution in [-0.2, 0) is 26.2 Å². The van der Waals surface area contributed by atoms with E-state index in [1.54, 1.807) is 0 Å². The smallest absolute Gasteiger partial charge is 0.143 e. The van der Waals surface area contributed by atoms with Gasteiger partial charge < -0.3 is 19.0 Å². The van der Waals surface area contributed by atoms with Crippen LogP contribution in [0.1, 0.15) is 29.2 Å². The molecular weight excluding hydrogens is 458 g/mol. The predicted octanol–water partition coefficient (Wildman–Crippen LogP) is 7.41. The Hall–Kier alpha value is -4.28. The van der Waals surface area contributed by atoms with Crippen molar-refractivity contribution in [2.24, 2.45) is 0 Å². The average Bonchev–Trinajstić information content (AvgIpc) is 3.51. The minimum atomic E-state index is -0.0344. The molecule has 0 radical (unpaired) electrons. The van der Waals surface area contributed by atoms with Gasteiger partial charge in [-0.25, -0.2) is 0 Å². The highest BCUT2D eigenvalue weighted by Gasteiger charge is 2.23. The normalized spacial score (nSPS) is 11.4. The Kier molecular flexibility index (Phi) is 6.25. The van der Waals surface area contributed by atoms with E-state index >= 15 is 0 Å². The van der Waals surface area contributed by atoms with Gasteiger partial charge in [-0.3, -0.25) is 0 Å². The molecule has 0 amide bonds. The van der Waals surface area contributed by atoms with Gasteiger partial charge in [0.2, 0.25) is 0 Å². The van der Waals surface area contributed by atoms with Gasteiger partial charge in [-0.05, 0) is 59.0 Å². The van der Waals surface area contributed by atoms with Crippen molar-refractivity contribution >= 4 is 16.6 Å². The van der Waals surface area contributed by atoms with Gasteiger partial charge in [-0.1, -0.05) is 79.7 Å². The van der Waals surface area contributed by atoms with Crippen LogP contribution in [0.5, 0.6) is 11.5 Å². The molecule has 37 heavy (non-hydrogen) atoms. The van der Waals surface area contributed by atoms with Gasteiger partial charge in [0, 0.05) is 11.1 Å². The van der Waals surface area contributed by atoms with Crippen LogP contribution in [0.4, 0.5) is 0 Å². The van der Waals surface area contributed by atoms with E-state index in [4.69, 9.17) is 9.47 Å². The Bertz CT molecular complexity index is 1620. The van der Waals surface area contributed by atoms with Crippen LogP contribution in [0, 0.1) is 0 Å². The van der Waals surface area contributed by atoms with E-state index < -0.39 is 0 Å². The Morgan fingerprint density at radius 1 is 0.703 bits per heavy atom. The summed E-state index contributed by atoms with van der Waals surface area (Å²) >= 11 is 0. The van der Waals surface area contributed by atoms with Crippen molar-refractivity contribution in [1.29, 1.82) is 0 Å². The third-order valence-corrected chi connectivity index (χ3v) is 6.97. The first-order valence-electron chi connectivity index (χ1n) is 12.7. The summed E-state index contributed by atoms with van der Waals surface area (Å²) in [7, 11) is 0. The molecule has 4 nitrogen and oxygen atoms in total. The molecule has 0 fully saturated rings.